The van der Waals surface area contributed by atoms with Crippen LogP contribution in [-0.2, 0) is 7.05 Å². The van der Waals surface area contributed by atoms with Gasteiger partial charge in [0, 0.05) is 17.8 Å². The minimum absolute atomic E-state index is 0.00395. The molecule has 0 radical (unpaired) electrons. The highest BCUT2D eigenvalue weighted by Crippen LogP contribution is 2.25. The van der Waals surface area contributed by atoms with Crippen LogP contribution in [0.2, 0.25) is 5.02 Å². The molecule has 0 aliphatic heterocycles. The number of hydrogen-bond donors (Lipinski definition) is 1. The molecule has 1 atom stereocenters. The van der Waals surface area contributed by atoms with Gasteiger partial charge in [0.15, 0.2) is 11.0 Å². The number of benzene rings is 2. The Kier molecular flexibility index (Phi) is 7.92. The van der Waals surface area contributed by atoms with Crippen molar-refractivity contribution in [2.75, 3.05) is 12.4 Å². The molecule has 31 heavy (non-hydrogen) atoms. The molecule has 6 nitrogen and oxygen atoms in total. The number of carbonyl (C=O) groups is 1. The summed E-state index contributed by atoms with van der Waals surface area (Å²) in [5, 5.41) is 12.8. The van der Waals surface area contributed by atoms with Gasteiger partial charge in [0.1, 0.15) is 11.6 Å². The average molecular weight is 463 g/mol. The van der Waals surface area contributed by atoms with Gasteiger partial charge < -0.3 is 14.6 Å². The topological polar surface area (TPSA) is 69.0 Å². The first kappa shape index (κ1) is 23.1. The first-order chi connectivity index (χ1) is 14.9. The fourth-order valence-electron chi connectivity index (χ4n) is 2.94. The van der Waals surface area contributed by atoms with Crippen molar-refractivity contribution in [2.24, 2.45) is 13.0 Å². The third-order valence-electron chi connectivity index (χ3n) is 4.62. The molecule has 2 aromatic carbocycles. The molecular formula is C22H24ClFN4O2S. The quantitative estimate of drug-likeness (QED) is 0.361. The van der Waals surface area contributed by atoms with Crippen molar-refractivity contribution in [3.63, 3.8) is 0 Å². The molecule has 0 saturated heterocycles. The maximum Gasteiger partial charge on any atom is 0.254 e. The van der Waals surface area contributed by atoms with E-state index in [0.717, 1.165) is 5.75 Å². The SMILES string of the molecule is CC(C)C(NC(=O)c1ccccc1F)c1nnc(SCCOc2ccc(Cl)cc2)n1C. The summed E-state index contributed by atoms with van der Waals surface area (Å²) in [6, 6.07) is 12.7. The van der Waals surface area contributed by atoms with Crippen LogP contribution in [0.3, 0.4) is 0 Å². The maximum atomic E-state index is 14.0. The fourth-order valence-corrected chi connectivity index (χ4v) is 3.80. The maximum absolute atomic E-state index is 14.0. The van der Waals surface area contributed by atoms with E-state index in [1.54, 1.807) is 24.3 Å². The molecule has 3 rings (SSSR count). The van der Waals surface area contributed by atoms with Crippen LogP contribution in [-0.4, -0.2) is 33.0 Å². The monoisotopic (exact) mass is 462 g/mol. The molecule has 1 aromatic heterocycles. The number of carbonyl (C=O) groups excluding carboxylic acids is 1. The number of nitrogens with one attached hydrogen (secondary N) is 1. The van der Waals surface area contributed by atoms with Crippen LogP contribution in [0.4, 0.5) is 4.39 Å². The van der Waals surface area contributed by atoms with Crippen molar-refractivity contribution in [1.82, 2.24) is 20.1 Å². The molecule has 0 aliphatic rings. The Morgan fingerprint density at radius 2 is 1.90 bits per heavy atom. The number of halogens is 2. The highest BCUT2D eigenvalue weighted by molar-refractivity contribution is 7.99. The smallest absolute Gasteiger partial charge is 0.254 e. The van der Waals surface area contributed by atoms with E-state index in [1.165, 1.54) is 23.9 Å². The van der Waals surface area contributed by atoms with Crippen molar-refractivity contribution >= 4 is 29.3 Å². The first-order valence-electron chi connectivity index (χ1n) is 9.82. The summed E-state index contributed by atoms with van der Waals surface area (Å²) in [6.45, 7) is 4.42. The van der Waals surface area contributed by atoms with Gasteiger partial charge in [-0.05, 0) is 42.3 Å². The lowest BCUT2D eigenvalue weighted by Crippen LogP contribution is -2.34. The lowest BCUT2D eigenvalue weighted by atomic mass is 10.0. The second-order valence-electron chi connectivity index (χ2n) is 7.23. The second-order valence-corrected chi connectivity index (χ2v) is 8.72. The van der Waals surface area contributed by atoms with Gasteiger partial charge in [-0.25, -0.2) is 4.39 Å². The first-order valence-corrected chi connectivity index (χ1v) is 11.2. The normalized spacial score (nSPS) is 12.1. The van der Waals surface area contributed by atoms with E-state index in [4.69, 9.17) is 16.3 Å². The van der Waals surface area contributed by atoms with Gasteiger partial charge in [-0.2, -0.15) is 0 Å². The molecule has 0 saturated carbocycles. The number of hydrogen-bond acceptors (Lipinski definition) is 5. The molecule has 1 unspecified atom stereocenters. The number of thioether (sulfide) groups is 1. The van der Waals surface area contributed by atoms with E-state index >= 15 is 0 Å². The van der Waals surface area contributed by atoms with E-state index in [-0.39, 0.29) is 11.5 Å². The molecule has 1 heterocycles. The fraction of sp³-hybridized carbons (Fsp3) is 0.318. The highest BCUT2D eigenvalue weighted by Gasteiger charge is 2.26. The summed E-state index contributed by atoms with van der Waals surface area (Å²) >= 11 is 7.37. The van der Waals surface area contributed by atoms with Crippen molar-refractivity contribution in [2.45, 2.75) is 25.0 Å². The molecule has 1 amide bonds. The van der Waals surface area contributed by atoms with Gasteiger partial charge in [-0.3, -0.25) is 4.79 Å². The summed E-state index contributed by atoms with van der Waals surface area (Å²) in [5.74, 6) is 1.02. The second kappa shape index (κ2) is 10.6. The van der Waals surface area contributed by atoms with Crippen LogP contribution in [0.15, 0.2) is 53.7 Å². The molecule has 0 fully saturated rings. The molecule has 164 valence electrons. The standard InChI is InChI=1S/C22H24ClFN4O2S/c1-14(2)19(25-21(29)17-6-4-5-7-18(17)24)20-26-27-22(28(20)3)31-13-12-30-16-10-8-15(23)9-11-16/h4-11,14,19H,12-13H2,1-3H3,(H,25,29). The van der Waals surface area contributed by atoms with Gasteiger partial charge in [-0.15, -0.1) is 10.2 Å². The Bertz CT molecular complexity index is 1030. The Labute approximate surface area is 190 Å². The molecular weight excluding hydrogens is 439 g/mol. The molecule has 0 bridgehead atoms. The van der Waals surface area contributed by atoms with Crippen LogP contribution in [0, 0.1) is 11.7 Å². The van der Waals surface area contributed by atoms with E-state index in [2.05, 4.69) is 15.5 Å². The summed E-state index contributed by atoms with van der Waals surface area (Å²) in [6.07, 6.45) is 0. The summed E-state index contributed by atoms with van der Waals surface area (Å²) < 4.78 is 21.5. The molecule has 3 aromatic rings. The zero-order chi connectivity index (χ0) is 22.4. The van der Waals surface area contributed by atoms with Crippen LogP contribution in [0.1, 0.15) is 36.1 Å². The number of ether oxygens (including phenoxy) is 1. The van der Waals surface area contributed by atoms with Gasteiger partial charge in [0.2, 0.25) is 0 Å². The number of aromatic nitrogens is 3. The summed E-state index contributed by atoms with van der Waals surface area (Å²) in [7, 11) is 1.85. The van der Waals surface area contributed by atoms with Crippen LogP contribution in [0.5, 0.6) is 5.75 Å². The molecule has 0 spiro atoms. The lowest BCUT2D eigenvalue weighted by Gasteiger charge is -2.22. The average Bonchev–Trinajstić information content (AvgIpc) is 3.10. The van der Waals surface area contributed by atoms with Gasteiger partial charge in [0.05, 0.1) is 18.2 Å². The predicted octanol–water partition coefficient (Wildman–Crippen LogP) is 4.91. The largest absolute Gasteiger partial charge is 0.493 e. The van der Waals surface area contributed by atoms with Gasteiger partial charge in [-0.1, -0.05) is 49.3 Å². The number of nitrogens with zero attached hydrogens (tertiary/aromatic N) is 3. The minimum atomic E-state index is -0.558. The van der Waals surface area contributed by atoms with Crippen LogP contribution < -0.4 is 10.1 Å². The van der Waals surface area contributed by atoms with E-state index < -0.39 is 17.8 Å². The number of amides is 1. The Balaban J connectivity index is 1.62. The Morgan fingerprint density at radius 1 is 1.19 bits per heavy atom. The molecule has 9 heteroatoms. The van der Waals surface area contributed by atoms with Crippen LogP contribution in [0.25, 0.3) is 0 Å². The van der Waals surface area contributed by atoms with E-state index in [9.17, 15) is 9.18 Å². The van der Waals surface area contributed by atoms with Crippen molar-refractivity contribution in [1.29, 1.82) is 0 Å². The van der Waals surface area contributed by atoms with E-state index in [0.29, 0.717) is 28.4 Å². The molecule has 1 N–H and O–H groups in total. The minimum Gasteiger partial charge on any atom is -0.493 e. The highest BCUT2D eigenvalue weighted by atomic mass is 35.5. The Hall–Kier alpha value is -2.58. The van der Waals surface area contributed by atoms with Gasteiger partial charge in [0.25, 0.3) is 5.91 Å². The van der Waals surface area contributed by atoms with Gasteiger partial charge >= 0.3 is 0 Å². The number of rotatable bonds is 9. The van der Waals surface area contributed by atoms with Crippen molar-refractivity contribution in [3.05, 3.63) is 70.8 Å². The van der Waals surface area contributed by atoms with E-state index in [1.807, 2.05) is 37.6 Å². The van der Waals surface area contributed by atoms with Crippen LogP contribution >= 0.6 is 23.4 Å². The molecule has 0 aliphatic carbocycles. The lowest BCUT2D eigenvalue weighted by molar-refractivity contribution is 0.0918. The summed E-state index contributed by atoms with van der Waals surface area (Å²) in [5.41, 5.74) is 0.00395. The third kappa shape index (κ3) is 5.98. The van der Waals surface area contributed by atoms with Crippen molar-refractivity contribution in [3.8, 4) is 5.75 Å². The van der Waals surface area contributed by atoms with Crippen molar-refractivity contribution < 1.29 is 13.9 Å². The third-order valence-corrected chi connectivity index (χ3v) is 5.85. The Morgan fingerprint density at radius 3 is 2.58 bits per heavy atom. The summed E-state index contributed by atoms with van der Waals surface area (Å²) in [4.78, 5) is 12.6. The predicted molar refractivity (Wildman–Crippen MR) is 120 cm³/mol. The zero-order valence-electron chi connectivity index (χ0n) is 17.5. The zero-order valence-corrected chi connectivity index (χ0v) is 19.1.